The van der Waals surface area contributed by atoms with Crippen LogP contribution in [0.25, 0.3) is 5.00 Å². The number of nitrogens with zero attached hydrogens (tertiary/aromatic N) is 3. The number of carbonyl (C=O) groups is 1. The van der Waals surface area contributed by atoms with E-state index in [0.29, 0.717) is 17.3 Å². The summed E-state index contributed by atoms with van der Waals surface area (Å²) in [7, 11) is 3.83. The van der Waals surface area contributed by atoms with Crippen molar-refractivity contribution in [2.75, 3.05) is 26.0 Å². The summed E-state index contributed by atoms with van der Waals surface area (Å²) in [5, 5.41) is 4.90. The van der Waals surface area contributed by atoms with Gasteiger partial charge in [-0.3, -0.25) is 0 Å². The maximum absolute atomic E-state index is 14.0. The number of rotatable bonds is 3. The van der Waals surface area contributed by atoms with Crippen molar-refractivity contribution < 1.29 is 9.53 Å². The first-order valence-corrected chi connectivity index (χ1v) is 13.2. The van der Waals surface area contributed by atoms with E-state index in [-0.39, 0.29) is 12.1 Å². The molecule has 0 radical (unpaired) electrons. The number of anilines is 1. The minimum atomic E-state index is -0.272. The summed E-state index contributed by atoms with van der Waals surface area (Å²) in [5.74, 6) is 0.787. The number of thiophene rings is 1. The summed E-state index contributed by atoms with van der Waals surface area (Å²) in [6, 6.07) is 19.0. The van der Waals surface area contributed by atoms with E-state index >= 15 is 0 Å². The van der Waals surface area contributed by atoms with Crippen LogP contribution in [0.4, 0.5) is 10.5 Å². The standard InChI is InChI=1S/C28H27ClN4O2S/c1-31-14-12-22-23-16-33(28(34)30-20-6-3-5-19(29)15-20)26(18-8-10-21(35-2)11-9-18)24-7-4-13-32(24)27(23)36-25(22)17-31/h3-11,13,15,26H,12,14,16-17H2,1-2H3,(H,30,34)/t26-/m0/s1. The molecule has 0 fully saturated rings. The van der Waals surface area contributed by atoms with Crippen molar-refractivity contribution in [1.82, 2.24) is 14.4 Å². The first-order valence-electron chi connectivity index (χ1n) is 12.0. The van der Waals surface area contributed by atoms with E-state index in [1.807, 2.05) is 52.6 Å². The number of nitrogens with one attached hydrogen (secondary N) is 1. The fourth-order valence-corrected chi connectivity index (χ4v) is 6.88. The third kappa shape index (κ3) is 4.07. The van der Waals surface area contributed by atoms with Crippen LogP contribution in [0.5, 0.6) is 5.75 Å². The predicted molar refractivity (Wildman–Crippen MR) is 145 cm³/mol. The molecule has 4 heterocycles. The smallest absolute Gasteiger partial charge is 0.322 e. The van der Waals surface area contributed by atoms with Crippen LogP contribution in [0.2, 0.25) is 5.02 Å². The molecule has 8 heteroatoms. The molecule has 2 aliphatic rings. The van der Waals surface area contributed by atoms with E-state index in [9.17, 15) is 4.79 Å². The number of hydrogen-bond donors (Lipinski definition) is 1. The molecular formula is C28H27ClN4O2S. The van der Waals surface area contributed by atoms with Gasteiger partial charge in [0.05, 0.1) is 25.4 Å². The normalized spacial score (nSPS) is 17.1. The summed E-state index contributed by atoms with van der Waals surface area (Å²) < 4.78 is 7.67. The average Bonchev–Trinajstić information content (AvgIpc) is 3.45. The summed E-state index contributed by atoms with van der Waals surface area (Å²) >= 11 is 8.06. The summed E-state index contributed by atoms with van der Waals surface area (Å²) in [5.41, 5.74) is 5.41. The van der Waals surface area contributed by atoms with Crippen molar-refractivity contribution in [3.8, 4) is 10.8 Å². The minimum Gasteiger partial charge on any atom is -0.497 e. The van der Waals surface area contributed by atoms with Gasteiger partial charge in [-0.15, -0.1) is 11.3 Å². The quantitative estimate of drug-likeness (QED) is 0.345. The van der Waals surface area contributed by atoms with Crippen LogP contribution >= 0.6 is 22.9 Å². The van der Waals surface area contributed by atoms with Gasteiger partial charge in [0.1, 0.15) is 10.8 Å². The first-order chi connectivity index (χ1) is 17.5. The van der Waals surface area contributed by atoms with Gasteiger partial charge in [0.25, 0.3) is 0 Å². The Balaban J connectivity index is 1.48. The van der Waals surface area contributed by atoms with Crippen molar-refractivity contribution in [3.05, 3.63) is 99.1 Å². The lowest BCUT2D eigenvalue weighted by Gasteiger charge is -2.32. The highest BCUT2D eigenvalue weighted by atomic mass is 35.5. The van der Waals surface area contributed by atoms with Gasteiger partial charge < -0.3 is 24.4 Å². The van der Waals surface area contributed by atoms with Crippen LogP contribution in [0.15, 0.2) is 66.9 Å². The molecule has 0 saturated carbocycles. The van der Waals surface area contributed by atoms with E-state index in [1.165, 1.54) is 21.0 Å². The molecule has 2 aliphatic heterocycles. The summed E-state index contributed by atoms with van der Waals surface area (Å²) in [4.78, 5) is 19.7. The number of benzene rings is 2. The van der Waals surface area contributed by atoms with Gasteiger partial charge >= 0.3 is 6.03 Å². The molecule has 1 atom stereocenters. The molecule has 184 valence electrons. The SMILES string of the molecule is COc1ccc([C@H]2c3cccn3-c3sc4c(c3CN2C(=O)Nc2cccc(Cl)c2)CCN(C)C4)cc1. The van der Waals surface area contributed by atoms with Crippen LogP contribution in [0, 0.1) is 0 Å². The highest BCUT2D eigenvalue weighted by molar-refractivity contribution is 7.15. The predicted octanol–water partition coefficient (Wildman–Crippen LogP) is 6.33. The third-order valence-electron chi connectivity index (χ3n) is 7.02. The molecular weight excluding hydrogens is 492 g/mol. The van der Waals surface area contributed by atoms with Crippen LogP contribution in [0.3, 0.4) is 0 Å². The minimum absolute atomic E-state index is 0.161. The van der Waals surface area contributed by atoms with Gasteiger partial charge in [-0.25, -0.2) is 4.79 Å². The maximum atomic E-state index is 14.0. The molecule has 0 saturated heterocycles. The Hall–Kier alpha value is -3.26. The Bertz CT molecular complexity index is 1430. The Morgan fingerprint density at radius 1 is 1.08 bits per heavy atom. The van der Waals surface area contributed by atoms with Crippen molar-refractivity contribution in [2.24, 2.45) is 0 Å². The van der Waals surface area contributed by atoms with Gasteiger partial charge in [0, 0.05) is 40.4 Å². The Labute approximate surface area is 219 Å². The van der Waals surface area contributed by atoms with E-state index in [1.54, 1.807) is 19.2 Å². The molecule has 4 aromatic rings. The average molecular weight is 519 g/mol. The van der Waals surface area contributed by atoms with Gasteiger partial charge in [-0.05, 0) is 67.1 Å². The highest BCUT2D eigenvalue weighted by Crippen LogP contribution is 2.43. The number of carbonyl (C=O) groups excluding carboxylic acids is 1. The summed E-state index contributed by atoms with van der Waals surface area (Å²) in [6.45, 7) is 2.49. The Morgan fingerprint density at radius 2 is 1.92 bits per heavy atom. The van der Waals surface area contributed by atoms with E-state index < -0.39 is 0 Å². The van der Waals surface area contributed by atoms with Gasteiger partial charge in [-0.2, -0.15) is 0 Å². The number of ether oxygens (including phenoxy) is 1. The lowest BCUT2D eigenvalue weighted by Crippen LogP contribution is -2.38. The number of urea groups is 1. The zero-order valence-electron chi connectivity index (χ0n) is 20.2. The number of amides is 2. The van der Waals surface area contributed by atoms with Gasteiger partial charge in [0.15, 0.2) is 0 Å². The van der Waals surface area contributed by atoms with E-state index in [4.69, 9.17) is 16.3 Å². The largest absolute Gasteiger partial charge is 0.497 e. The first kappa shape index (κ1) is 23.2. The van der Waals surface area contributed by atoms with Crippen molar-refractivity contribution in [2.45, 2.75) is 25.6 Å². The van der Waals surface area contributed by atoms with Crippen LogP contribution in [-0.4, -0.2) is 41.1 Å². The number of halogens is 1. The molecule has 6 rings (SSSR count). The van der Waals surface area contributed by atoms with Gasteiger partial charge in [-0.1, -0.05) is 29.8 Å². The molecule has 36 heavy (non-hydrogen) atoms. The molecule has 2 amide bonds. The highest BCUT2D eigenvalue weighted by Gasteiger charge is 2.36. The second-order valence-corrected chi connectivity index (χ2v) is 10.8. The number of aromatic nitrogens is 1. The van der Waals surface area contributed by atoms with Crippen molar-refractivity contribution >= 4 is 34.7 Å². The van der Waals surface area contributed by atoms with Crippen LogP contribution < -0.4 is 10.1 Å². The van der Waals surface area contributed by atoms with Crippen LogP contribution in [0.1, 0.15) is 33.3 Å². The van der Waals surface area contributed by atoms with Gasteiger partial charge in [0.2, 0.25) is 0 Å². The van der Waals surface area contributed by atoms with Crippen molar-refractivity contribution in [3.63, 3.8) is 0 Å². The molecule has 2 aromatic heterocycles. The number of hydrogen-bond acceptors (Lipinski definition) is 4. The number of likely N-dealkylation sites (N-methyl/N-ethyl adjacent to an activating group) is 1. The fraction of sp³-hybridized carbons (Fsp3) is 0.250. The van der Waals surface area contributed by atoms with E-state index in [0.717, 1.165) is 36.5 Å². The molecule has 2 aromatic carbocycles. The molecule has 0 bridgehead atoms. The molecule has 0 aliphatic carbocycles. The zero-order chi connectivity index (χ0) is 24.8. The van der Waals surface area contributed by atoms with Crippen molar-refractivity contribution in [1.29, 1.82) is 0 Å². The number of fused-ring (bicyclic) bond motifs is 5. The van der Waals surface area contributed by atoms with Crippen LogP contribution in [-0.2, 0) is 19.5 Å². The molecule has 1 N–H and O–H groups in total. The number of methoxy groups -OCH3 is 1. The second kappa shape index (κ2) is 9.32. The lowest BCUT2D eigenvalue weighted by atomic mass is 10.00. The molecule has 0 unspecified atom stereocenters. The third-order valence-corrected chi connectivity index (χ3v) is 8.52. The monoisotopic (exact) mass is 518 g/mol. The zero-order valence-corrected chi connectivity index (χ0v) is 21.8. The molecule has 0 spiro atoms. The lowest BCUT2D eigenvalue weighted by molar-refractivity contribution is 0.194. The topological polar surface area (TPSA) is 49.7 Å². The fourth-order valence-electron chi connectivity index (χ4n) is 5.25. The maximum Gasteiger partial charge on any atom is 0.322 e. The van der Waals surface area contributed by atoms with E-state index in [2.05, 4.69) is 40.2 Å². The molecule has 6 nitrogen and oxygen atoms in total. The Kier molecular flexibility index (Phi) is 5.99. The second-order valence-electron chi connectivity index (χ2n) is 9.32. The summed E-state index contributed by atoms with van der Waals surface area (Å²) in [6.07, 6.45) is 3.11. The Morgan fingerprint density at radius 3 is 2.69 bits per heavy atom.